The summed E-state index contributed by atoms with van der Waals surface area (Å²) in [7, 11) is 1.73. The van der Waals surface area contributed by atoms with Crippen molar-refractivity contribution in [3.05, 3.63) is 29.8 Å². The lowest BCUT2D eigenvalue weighted by Crippen LogP contribution is -2.24. The molecule has 2 heteroatoms. The van der Waals surface area contributed by atoms with E-state index < -0.39 is 0 Å². The molecule has 2 unspecified atom stereocenters. The summed E-state index contributed by atoms with van der Waals surface area (Å²) in [5.41, 5.74) is 1.21. The van der Waals surface area contributed by atoms with Crippen molar-refractivity contribution >= 4 is 0 Å². The van der Waals surface area contributed by atoms with Crippen LogP contribution in [0.15, 0.2) is 24.3 Å². The molecular weight excluding hydrogens is 188 g/mol. The third-order valence-corrected chi connectivity index (χ3v) is 3.77. The molecule has 2 nitrogen and oxygen atoms in total. The molecule has 2 aliphatic rings. The fourth-order valence-corrected chi connectivity index (χ4v) is 3.00. The number of hydrogen-bond acceptors (Lipinski definition) is 2. The van der Waals surface area contributed by atoms with Gasteiger partial charge >= 0.3 is 0 Å². The Morgan fingerprint density at radius 1 is 1.40 bits per heavy atom. The van der Waals surface area contributed by atoms with Gasteiger partial charge in [-0.2, -0.15) is 0 Å². The van der Waals surface area contributed by atoms with Crippen LogP contribution < -0.4 is 4.74 Å². The molecule has 1 saturated heterocycles. The van der Waals surface area contributed by atoms with Crippen molar-refractivity contribution in [2.45, 2.75) is 24.9 Å². The van der Waals surface area contributed by atoms with Crippen molar-refractivity contribution in [1.29, 1.82) is 0 Å². The van der Waals surface area contributed by atoms with E-state index in [2.05, 4.69) is 12.1 Å². The lowest BCUT2D eigenvalue weighted by Gasteiger charge is -2.28. The molecular formula is C13H16O2. The minimum absolute atomic E-state index is 0.0305. The third kappa shape index (κ3) is 1.28. The number of ether oxygens (including phenoxy) is 2. The van der Waals surface area contributed by atoms with E-state index in [-0.39, 0.29) is 5.60 Å². The maximum absolute atomic E-state index is 5.99. The average Bonchev–Trinajstić information content (AvgIpc) is 2.90. The Balaban J connectivity index is 2.04. The van der Waals surface area contributed by atoms with Gasteiger partial charge in [-0.15, -0.1) is 0 Å². The first kappa shape index (κ1) is 9.22. The predicted molar refractivity (Wildman–Crippen MR) is 58.0 cm³/mol. The van der Waals surface area contributed by atoms with E-state index in [1.165, 1.54) is 18.4 Å². The number of rotatable bonds is 2. The van der Waals surface area contributed by atoms with Gasteiger partial charge in [0.2, 0.25) is 0 Å². The second-order valence-electron chi connectivity index (χ2n) is 4.61. The quantitative estimate of drug-likeness (QED) is 0.737. The molecule has 80 valence electrons. The minimum Gasteiger partial charge on any atom is -0.496 e. The molecule has 0 N–H and O–H groups in total. The number of hydrogen-bond donors (Lipinski definition) is 0. The summed E-state index contributed by atoms with van der Waals surface area (Å²) in [6, 6.07) is 8.26. The SMILES string of the molecule is COc1ccccc1C12CCC(CO1)C2. The Morgan fingerprint density at radius 2 is 2.27 bits per heavy atom. The Bertz CT molecular complexity index is 365. The second-order valence-corrected chi connectivity index (χ2v) is 4.61. The van der Waals surface area contributed by atoms with Gasteiger partial charge in [-0.1, -0.05) is 18.2 Å². The van der Waals surface area contributed by atoms with Gasteiger partial charge in [0.1, 0.15) is 5.75 Å². The zero-order valence-corrected chi connectivity index (χ0v) is 9.03. The number of para-hydroxylation sites is 1. The molecule has 1 aliphatic carbocycles. The largest absolute Gasteiger partial charge is 0.496 e. The minimum atomic E-state index is -0.0305. The van der Waals surface area contributed by atoms with Crippen molar-refractivity contribution in [2.24, 2.45) is 5.92 Å². The monoisotopic (exact) mass is 204 g/mol. The molecule has 15 heavy (non-hydrogen) atoms. The van der Waals surface area contributed by atoms with Crippen LogP contribution in [-0.2, 0) is 10.3 Å². The number of fused-ring (bicyclic) bond motifs is 2. The zero-order valence-electron chi connectivity index (χ0n) is 9.03. The van der Waals surface area contributed by atoms with Crippen LogP contribution in [0.1, 0.15) is 24.8 Å². The van der Waals surface area contributed by atoms with E-state index in [1.807, 2.05) is 12.1 Å². The van der Waals surface area contributed by atoms with E-state index in [1.54, 1.807) is 7.11 Å². The van der Waals surface area contributed by atoms with Crippen molar-refractivity contribution in [3.8, 4) is 5.75 Å². The normalized spacial score (nSPS) is 33.3. The summed E-state index contributed by atoms with van der Waals surface area (Å²) in [4.78, 5) is 0. The Kier molecular flexibility index (Phi) is 1.99. The fourth-order valence-electron chi connectivity index (χ4n) is 3.00. The summed E-state index contributed by atoms with van der Waals surface area (Å²) in [6.45, 7) is 0.929. The Hall–Kier alpha value is -1.02. The summed E-state index contributed by atoms with van der Waals surface area (Å²) in [5.74, 6) is 1.75. The Morgan fingerprint density at radius 3 is 2.87 bits per heavy atom. The lowest BCUT2D eigenvalue weighted by molar-refractivity contribution is -0.0223. The smallest absolute Gasteiger partial charge is 0.124 e. The molecule has 0 aromatic heterocycles. The third-order valence-electron chi connectivity index (χ3n) is 3.77. The van der Waals surface area contributed by atoms with Crippen molar-refractivity contribution in [3.63, 3.8) is 0 Å². The van der Waals surface area contributed by atoms with E-state index in [0.717, 1.165) is 24.7 Å². The summed E-state index contributed by atoms with van der Waals surface area (Å²) in [6.07, 6.45) is 3.63. The van der Waals surface area contributed by atoms with Crippen LogP contribution in [-0.4, -0.2) is 13.7 Å². The van der Waals surface area contributed by atoms with Crippen LogP contribution in [0.4, 0.5) is 0 Å². The summed E-state index contributed by atoms with van der Waals surface area (Å²) in [5, 5.41) is 0. The first-order valence-corrected chi connectivity index (χ1v) is 5.61. The molecule has 2 atom stereocenters. The van der Waals surface area contributed by atoms with Gasteiger partial charge in [-0.3, -0.25) is 0 Å². The van der Waals surface area contributed by atoms with Gasteiger partial charge < -0.3 is 9.47 Å². The van der Waals surface area contributed by atoms with E-state index in [0.29, 0.717) is 0 Å². The molecule has 1 heterocycles. The molecule has 1 aliphatic heterocycles. The van der Waals surface area contributed by atoms with E-state index >= 15 is 0 Å². The van der Waals surface area contributed by atoms with Crippen LogP contribution in [0.25, 0.3) is 0 Å². The van der Waals surface area contributed by atoms with Gasteiger partial charge in [0.25, 0.3) is 0 Å². The molecule has 2 bridgehead atoms. The van der Waals surface area contributed by atoms with Gasteiger partial charge in [0, 0.05) is 5.56 Å². The number of benzene rings is 1. The van der Waals surface area contributed by atoms with E-state index in [9.17, 15) is 0 Å². The maximum atomic E-state index is 5.99. The highest BCUT2D eigenvalue weighted by atomic mass is 16.5. The average molecular weight is 204 g/mol. The highest BCUT2D eigenvalue weighted by molar-refractivity contribution is 5.39. The summed E-state index contributed by atoms with van der Waals surface area (Å²) < 4.78 is 11.4. The Labute approximate surface area is 90.2 Å². The first-order chi connectivity index (χ1) is 7.34. The molecule has 2 fully saturated rings. The highest BCUT2D eigenvalue weighted by Crippen LogP contribution is 2.52. The van der Waals surface area contributed by atoms with Crippen molar-refractivity contribution < 1.29 is 9.47 Å². The molecule has 0 amide bonds. The standard InChI is InChI=1S/C13H16O2/c1-14-12-5-3-2-4-11(12)13-7-6-10(8-13)9-15-13/h2-5,10H,6-9H2,1H3. The van der Waals surface area contributed by atoms with Crippen LogP contribution in [0.2, 0.25) is 0 Å². The fraction of sp³-hybridized carbons (Fsp3) is 0.538. The van der Waals surface area contributed by atoms with Gasteiger partial charge in [-0.05, 0) is 31.2 Å². The van der Waals surface area contributed by atoms with Gasteiger partial charge in [0.05, 0.1) is 19.3 Å². The van der Waals surface area contributed by atoms with Crippen LogP contribution in [0, 0.1) is 5.92 Å². The van der Waals surface area contributed by atoms with Crippen LogP contribution >= 0.6 is 0 Å². The first-order valence-electron chi connectivity index (χ1n) is 5.61. The topological polar surface area (TPSA) is 18.5 Å². The highest BCUT2D eigenvalue weighted by Gasteiger charge is 2.48. The van der Waals surface area contributed by atoms with E-state index in [4.69, 9.17) is 9.47 Å². The predicted octanol–water partition coefficient (Wildman–Crippen LogP) is 2.72. The molecule has 1 saturated carbocycles. The molecule has 0 spiro atoms. The van der Waals surface area contributed by atoms with Crippen molar-refractivity contribution in [1.82, 2.24) is 0 Å². The maximum Gasteiger partial charge on any atom is 0.124 e. The van der Waals surface area contributed by atoms with Gasteiger partial charge in [0.15, 0.2) is 0 Å². The zero-order chi connectivity index (χ0) is 10.3. The van der Waals surface area contributed by atoms with Crippen LogP contribution in [0.5, 0.6) is 5.75 Å². The molecule has 0 radical (unpaired) electrons. The lowest BCUT2D eigenvalue weighted by atomic mass is 9.91. The van der Waals surface area contributed by atoms with Crippen LogP contribution in [0.3, 0.4) is 0 Å². The van der Waals surface area contributed by atoms with Crippen molar-refractivity contribution in [2.75, 3.05) is 13.7 Å². The van der Waals surface area contributed by atoms with Gasteiger partial charge in [-0.25, -0.2) is 0 Å². The summed E-state index contributed by atoms with van der Waals surface area (Å²) >= 11 is 0. The second kappa shape index (κ2) is 3.24. The molecule has 3 rings (SSSR count). The molecule has 1 aromatic carbocycles. The molecule has 1 aromatic rings. The number of methoxy groups -OCH3 is 1.